The van der Waals surface area contributed by atoms with Gasteiger partial charge in [0.2, 0.25) is 0 Å². The van der Waals surface area contributed by atoms with E-state index in [1.807, 2.05) is 39.0 Å². The molecule has 0 spiro atoms. The van der Waals surface area contributed by atoms with E-state index in [4.69, 9.17) is 9.47 Å². The molecule has 0 saturated heterocycles. The number of nitrogens with one attached hydrogen (secondary N) is 1. The van der Waals surface area contributed by atoms with Gasteiger partial charge in [0.25, 0.3) is 0 Å². The van der Waals surface area contributed by atoms with Crippen molar-refractivity contribution in [2.45, 2.75) is 84.5 Å². The van der Waals surface area contributed by atoms with Crippen molar-refractivity contribution in [1.29, 1.82) is 0 Å². The fourth-order valence-electron chi connectivity index (χ4n) is 4.43. The Kier molecular flexibility index (Phi) is 9.13. The average Bonchev–Trinajstić information content (AvgIpc) is 2.79. The molecule has 0 aliphatic heterocycles. The lowest BCUT2D eigenvalue weighted by Crippen LogP contribution is -2.39. The molecule has 1 aliphatic rings. The molecule has 3 rings (SSSR count). The zero-order valence-corrected chi connectivity index (χ0v) is 21.7. The summed E-state index contributed by atoms with van der Waals surface area (Å²) in [5, 5.41) is 2.92. The van der Waals surface area contributed by atoms with Crippen LogP contribution in [-0.4, -0.2) is 29.8 Å². The first kappa shape index (κ1) is 26.5. The van der Waals surface area contributed by atoms with Crippen molar-refractivity contribution >= 4 is 12.1 Å². The standard InChI is InChI=1S/C30H39NO4/c1-21-10-9-13-27(18-21)34-28(32)22(2)19-26(31-29(33)35-30(3,4)5)20-23-14-16-25(17-15-23)24-11-7-6-8-12-24/h6-8,11-12,14-17,19,21,26-27H,9-10,13,18,20H2,1-5H3,(H,31,33)/b22-19+. The maximum absolute atomic E-state index is 12.8. The van der Waals surface area contributed by atoms with Crippen molar-refractivity contribution in [3.8, 4) is 11.1 Å². The monoisotopic (exact) mass is 477 g/mol. The van der Waals surface area contributed by atoms with Gasteiger partial charge >= 0.3 is 12.1 Å². The summed E-state index contributed by atoms with van der Waals surface area (Å²) < 4.78 is 11.2. The summed E-state index contributed by atoms with van der Waals surface area (Å²) in [7, 11) is 0. The van der Waals surface area contributed by atoms with E-state index in [0.717, 1.165) is 36.0 Å². The Hall–Kier alpha value is -3.08. The number of ether oxygens (including phenoxy) is 2. The predicted molar refractivity (Wildman–Crippen MR) is 140 cm³/mol. The van der Waals surface area contributed by atoms with Gasteiger partial charge in [-0.3, -0.25) is 0 Å². The molecular formula is C30H39NO4. The summed E-state index contributed by atoms with van der Waals surface area (Å²) in [4.78, 5) is 25.3. The highest BCUT2D eigenvalue weighted by Gasteiger charge is 2.24. The quantitative estimate of drug-likeness (QED) is 0.350. The van der Waals surface area contributed by atoms with Gasteiger partial charge in [0.1, 0.15) is 11.7 Å². The molecule has 1 fully saturated rings. The van der Waals surface area contributed by atoms with Gasteiger partial charge in [-0.15, -0.1) is 0 Å². The van der Waals surface area contributed by atoms with Crippen LogP contribution in [0.25, 0.3) is 11.1 Å². The van der Waals surface area contributed by atoms with Crippen molar-refractivity contribution in [2.24, 2.45) is 5.92 Å². The molecule has 0 aromatic heterocycles. The number of esters is 1. The molecule has 1 aliphatic carbocycles. The summed E-state index contributed by atoms with van der Waals surface area (Å²) in [5.74, 6) is 0.255. The molecule has 0 bridgehead atoms. The van der Waals surface area contributed by atoms with Gasteiger partial charge in [0.05, 0.1) is 6.04 Å². The van der Waals surface area contributed by atoms with Crippen LogP contribution in [0.4, 0.5) is 4.79 Å². The Balaban J connectivity index is 1.72. The van der Waals surface area contributed by atoms with Gasteiger partial charge in [-0.2, -0.15) is 0 Å². The number of carbonyl (C=O) groups is 2. The van der Waals surface area contributed by atoms with E-state index >= 15 is 0 Å². The number of benzene rings is 2. The van der Waals surface area contributed by atoms with Crippen LogP contribution >= 0.6 is 0 Å². The summed E-state index contributed by atoms with van der Waals surface area (Å²) in [6.07, 6.45) is 5.86. The topological polar surface area (TPSA) is 64.6 Å². The van der Waals surface area contributed by atoms with Crippen LogP contribution in [0, 0.1) is 5.92 Å². The Morgan fingerprint density at radius 1 is 1.03 bits per heavy atom. The van der Waals surface area contributed by atoms with E-state index in [0.29, 0.717) is 17.9 Å². The zero-order chi connectivity index (χ0) is 25.4. The van der Waals surface area contributed by atoms with Crippen LogP contribution < -0.4 is 5.32 Å². The highest BCUT2D eigenvalue weighted by atomic mass is 16.6. The molecule has 0 radical (unpaired) electrons. The van der Waals surface area contributed by atoms with Gasteiger partial charge < -0.3 is 14.8 Å². The highest BCUT2D eigenvalue weighted by Crippen LogP contribution is 2.26. The smallest absolute Gasteiger partial charge is 0.408 e. The lowest BCUT2D eigenvalue weighted by Gasteiger charge is -2.27. The maximum Gasteiger partial charge on any atom is 0.408 e. The molecule has 1 saturated carbocycles. The molecule has 0 heterocycles. The number of amides is 1. The maximum atomic E-state index is 12.8. The predicted octanol–water partition coefficient (Wildman–Crippen LogP) is 6.86. The minimum atomic E-state index is -0.610. The lowest BCUT2D eigenvalue weighted by molar-refractivity contribution is -0.146. The van der Waals surface area contributed by atoms with Crippen molar-refractivity contribution in [2.75, 3.05) is 0 Å². The van der Waals surface area contributed by atoms with Gasteiger partial charge in [-0.05, 0) is 76.0 Å². The summed E-state index contributed by atoms with van der Waals surface area (Å²) in [5.41, 5.74) is 3.21. The molecule has 1 amide bonds. The Bertz CT molecular complexity index is 1000. The SMILES string of the molecule is C/C(=C\C(Cc1ccc(-c2ccccc2)cc1)NC(=O)OC(C)(C)C)C(=O)OC1CCCC(C)C1. The third-order valence-electron chi connectivity index (χ3n) is 6.15. The van der Waals surface area contributed by atoms with Crippen molar-refractivity contribution in [1.82, 2.24) is 5.32 Å². The zero-order valence-electron chi connectivity index (χ0n) is 21.7. The first-order valence-electron chi connectivity index (χ1n) is 12.6. The van der Waals surface area contributed by atoms with Crippen LogP contribution in [0.3, 0.4) is 0 Å². The van der Waals surface area contributed by atoms with E-state index in [9.17, 15) is 9.59 Å². The number of hydrogen-bond acceptors (Lipinski definition) is 4. The van der Waals surface area contributed by atoms with E-state index in [1.54, 1.807) is 13.0 Å². The molecule has 5 nitrogen and oxygen atoms in total. The van der Waals surface area contributed by atoms with Crippen molar-refractivity contribution < 1.29 is 19.1 Å². The first-order valence-corrected chi connectivity index (χ1v) is 12.6. The summed E-state index contributed by atoms with van der Waals surface area (Å²) in [6, 6.07) is 18.0. The second kappa shape index (κ2) is 12.1. The van der Waals surface area contributed by atoms with E-state index in [2.05, 4.69) is 48.6 Å². The third-order valence-corrected chi connectivity index (χ3v) is 6.15. The van der Waals surface area contributed by atoms with Crippen LogP contribution in [-0.2, 0) is 20.7 Å². The Labute approximate surface area is 209 Å². The highest BCUT2D eigenvalue weighted by molar-refractivity contribution is 5.88. The Morgan fingerprint density at radius 2 is 1.69 bits per heavy atom. The van der Waals surface area contributed by atoms with Gasteiger partial charge in [0, 0.05) is 5.57 Å². The molecule has 3 unspecified atom stereocenters. The van der Waals surface area contributed by atoms with Gasteiger partial charge in [0.15, 0.2) is 0 Å². The second-order valence-electron chi connectivity index (χ2n) is 10.7. The van der Waals surface area contributed by atoms with E-state index < -0.39 is 17.7 Å². The van der Waals surface area contributed by atoms with Crippen LogP contribution in [0.15, 0.2) is 66.2 Å². The molecule has 1 N–H and O–H groups in total. The van der Waals surface area contributed by atoms with E-state index in [1.165, 1.54) is 6.42 Å². The third kappa shape index (κ3) is 8.89. The first-order chi connectivity index (χ1) is 16.6. The largest absolute Gasteiger partial charge is 0.459 e. The lowest BCUT2D eigenvalue weighted by atomic mass is 9.89. The molecule has 5 heteroatoms. The fraction of sp³-hybridized carbons (Fsp3) is 0.467. The molecule has 188 valence electrons. The van der Waals surface area contributed by atoms with Gasteiger partial charge in [-0.25, -0.2) is 9.59 Å². The minimum Gasteiger partial charge on any atom is -0.459 e. The molecule has 3 atom stereocenters. The number of rotatable bonds is 7. The fourth-order valence-corrected chi connectivity index (χ4v) is 4.43. The summed E-state index contributed by atoms with van der Waals surface area (Å²) >= 11 is 0. The normalized spacial score (nSPS) is 19.5. The number of carbonyl (C=O) groups excluding carboxylic acids is 2. The number of alkyl carbamates (subject to hydrolysis) is 1. The van der Waals surface area contributed by atoms with Crippen molar-refractivity contribution in [3.05, 3.63) is 71.8 Å². The molecule has 2 aromatic carbocycles. The summed E-state index contributed by atoms with van der Waals surface area (Å²) in [6.45, 7) is 9.43. The average molecular weight is 478 g/mol. The molecule has 35 heavy (non-hydrogen) atoms. The van der Waals surface area contributed by atoms with Crippen LogP contribution in [0.1, 0.15) is 65.9 Å². The van der Waals surface area contributed by atoms with E-state index in [-0.39, 0.29) is 12.1 Å². The van der Waals surface area contributed by atoms with Crippen molar-refractivity contribution in [3.63, 3.8) is 0 Å². The van der Waals surface area contributed by atoms with Crippen LogP contribution in [0.2, 0.25) is 0 Å². The second-order valence-corrected chi connectivity index (χ2v) is 10.7. The number of hydrogen-bond donors (Lipinski definition) is 1. The minimum absolute atomic E-state index is 0.0302. The molecule has 2 aromatic rings. The molecular weight excluding hydrogens is 438 g/mol. The van der Waals surface area contributed by atoms with Gasteiger partial charge in [-0.1, -0.05) is 74.0 Å². The Morgan fingerprint density at radius 3 is 2.31 bits per heavy atom. The van der Waals surface area contributed by atoms with Crippen LogP contribution in [0.5, 0.6) is 0 Å².